The van der Waals surface area contributed by atoms with Crippen LogP contribution in [-0.4, -0.2) is 42.6 Å². The smallest absolute Gasteiger partial charge is 0.253 e. The highest BCUT2D eigenvalue weighted by atomic mass is 35.5. The number of hydrogen-bond acceptors (Lipinski definition) is 4. The van der Waals surface area contributed by atoms with Gasteiger partial charge in [0.25, 0.3) is 5.91 Å². The van der Waals surface area contributed by atoms with Crippen LogP contribution in [0.25, 0.3) is 0 Å². The molecule has 5 nitrogen and oxygen atoms in total. The molecule has 0 spiro atoms. The van der Waals surface area contributed by atoms with E-state index in [-0.39, 0.29) is 36.3 Å². The molecular weight excluding hydrogens is 335 g/mol. The van der Waals surface area contributed by atoms with Crippen molar-refractivity contribution in [1.82, 2.24) is 15.6 Å². The van der Waals surface area contributed by atoms with Crippen molar-refractivity contribution in [3.63, 3.8) is 0 Å². The number of carbonyl (C=O) groups is 1. The molecule has 7 heteroatoms. The first-order chi connectivity index (χ1) is 10.2. The Balaban J connectivity index is 0.00000132. The summed E-state index contributed by atoms with van der Waals surface area (Å²) in [4.78, 5) is 19.1. The van der Waals surface area contributed by atoms with Crippen LogP contribution >= 0.6 is 24.8 Å². The maximum atomic E-state index is 12.4. The van der Waals surface area contributed by atoms with E-state index < -0.39 is 0 Å². The maximum Gasteiger partial charge on any atom is 0.253 e. The van der Waals surface area contributed by atoms with Gasteiger partial charge < -0.3 is 15.5 Å². The molecule has 23 heavy (non-hydrogen) atoms. The molecular formula is C16H26Cl2N4O. The topological polar surface area (TPSA) is 57.3 Å². The highest BCUT2D eigenvalue weighted by Gasteiger charge is 2.28. The normalized spacial score (nSPS) is 19.4. The second-order valence-electron chi connectivity index (χ2n) is 6.36. The number of nitrogens with one attached hydrogen (secondary N) is 2. The van der Waals surface area contributed by atoms with E-state index in [4.69, 9.17) is 0 Å². The second-order valence-corrected chi connectivity index (χ2v) is 6.36. The van der Waals surface area contributed by atoms with Crippen LogP contribution in [0.4, 0.5) is 5.82 Å². The molecule has 0 radical (unpaired) electrons. The van der Waals surface area contributed by atoms with E-state index in [1.54, 1.807) is 6.20 Å². The van der Waals surface area contributed by atoms with Crippen molar-refractivity contribution < 1.29 is 4.79 Å². The lowest BCUT2D eigenvalue weighted by Gasteiger charge is -2.35. The van der Waals surface area contributed by atoms with Gasteiger partial charge in [0.2, 0.25) is 0 Å². The third-order valence-electron chi connectivity index (χ3n) is 4.56. The first kappa shape index (κ1) is 20.0. The fraction of sp³-hybridized carbons (Fsp3) is 0.625. The summed E-state index contributed by atoms with van der Waals surface area (Å²) in [6.45, 7) is 6.19. The predicted molar refractivity (Wildman–Crippen MR) is 98.2 cm³/mol. The third-order valence-corrected chi connectivity index (χ3v) is 4.56. The van der Waals surface area contributed by atoms with E-state index >= 15 is 0 Å². The number of pyridine rings is 1. The Bertz CT molecular complexity index is 497. The largest absolute Gasteiger partial charge is 0.357 e. The fourth-order valence-electron chi connectivity index (χ4n) is 3.10. The van der Waals surface area contributed by atoms with Crippen molar-refractivity contribution >= 4 is 36.5 Å². The molecule has 1 aromatic heterocycles. The Labute approximate surface area is 150 Å². The number of nitrogens with zero attached hydrogens (tertiary/aromatic N) is 2. The molecule has 3 rings (SSSR count). The van der Waals surface area contributed by atoms with Crippen molar-refractivity contribution in [2.24, 2.45) is 0 Å². The monoisotopic (exact) mass is 360 g/mol. The van der Waals surface area contributed by atoms with Gasteiger partial charge in [0, 0.05) is 24.8 Å². The van der Waals surface area contributed by atoms with Crippen molar-refractivity contribution in [3.05, 3.63) is 23.9 Å². The SMILES string of the molecule is CC1(NC(=O)c2ccc(N3CCCC3)nc2)CCNCC1.Cl.Cl. The van der Waals surface area contributed by atoms with Crippen LogP contribution in [0.15, 0.2) is 18.3 Å². The summed E-state index contributed by atoms with van der Waals surface area (Å²) in [5.41, 5.74) is 0.549. The summed E-state index contributed by atoms with van der Waals surface area (Å²) in [7, 11) is 0. The highest BCUT2D eigenvalue weighted by Crippen LogP contribution is 2.20. The van der Waals surface area contributed by atoms with Gasteiger partial charge in [-0.2, -0.15) is 0 Å². The Hall–Kier alpha value is -1.04. The molecule has 2 fully saturated rings. The molecule has 2 saturated heterocycles. The van der Waals surface area contributed by atoms with Crippen molar-refractivity contribution in [1.29, 1.82) is 0 Å². The Morgan fingerprint density at radius 3 is 2.43 bits per heavy atom. The molecule has 0 bridgehead atoms. The van der Waals surface area contributed by atoms with Crippen LogP contribution in [-0.2, 0) is 0 Å². The third kappa shape index (κ3) is 4.96. The van der Waals surface area contributed by atoms with E-state index in [1.165, 1.54) is 12.8 Å². The maximum absolute atomic E-state index is 12.4. The molecule has 0 aromatic carbocycles. The van der Waals surface area contributed by atoms with E-state index in [0.29, 0.717) is 5.56 Å². The molecule has 3 heterocycles. The zero-order valence-corrected chi connectivity index (χ0v) is 15.1. The average Bonchev–Trinajstić information content (AvgIpc) is 3.02. The van der Waals surface area contributed by atoms with Gasteiger partial charge in [-0.05, 0) is 57.8 Å². The number of rotatable bonds is 3. The minimum absolute atomic E-state index is 0. The highest BCUT2D eigenvalue weighted by molar-refractivity contribution is 5.94. The summed E-state index contributed by atoms with van der Waals surface area (Å²) in [6, 6.07) is 3.85. The number of carbonyl (C=O) groups excluding carboxylic acids is 1. The molecule has 2 aliphatic rings. The lowest BCUT2D eigenvalue weighted by Crippen LogP contribution is -2.52. The first-order valence-electron chi connectivity index (χ1n) is 7.91. The quantitative estimate of drug-likeness (QED) is 0.868. The van der Waals surface area contributed by atoms with Gasteiger partial charge in [-0.15, -0.1) is 24.8 Å². The number of anilines is 1. The van der Waals surface area contributed by atoms with Crippen LogP contribution in [0.2, 0.25) is 0 Å². The van der Waals surface area contributed by atoms with Gasteiger partial charge in [-0.25, -0.2) is 4.98 Å². The van der Waals surface area contributed by atoms with Gasteiger partial charge in [0.05, 0.1) is 5.56 Å². The van der Waals surface area contributed by atoms with Crippen LogP contribution in [0.3, 0.4) is 0 Å². The van der Waals surface area contributed by atoms with Crippen LogP contribution in [0.5, 0.6) is 0 Å². The zero-order chi connectivity index (χ0) is 14.7. The van der Waals surface area contributed by atoms with Crippen molar-refractivity contribution in [2.45, 2.75) is 38.1 Å². The van der Waals surface area contributed by atoms with Gasteiger partial charge in [0.15, 0.2) is 0 Å². The molecule has 0 atom stereocenters. The Morgan fingerprint density at radius 2 is 1.87 bits per heavy atom. The number of piperidine rings is 1. The molecule has 130 valence electrons. The molecule has 1 amide bonds. The second kappa shape index (κ2) is 8.71. The van der Waals surface area contributed by atoms with Gasteiger partial charge in [0.1, 0.15) is 5.82 Å². The number of amides is 1. The standard InChI is InChI=1S/C16H24N4O.2ClH/c1-16(6-8-17-9-7-16)19-15(21)13-4-5-14(18-12-13)20-10-2-3-11-20;;/h4-5,12,17H,2-3,6-11H2,1H3,(H,19,21);2*1H. The molecule has 0 aliphatic carbocycles. The van der Waals surface area contributed by atoms with Crippen LogP contribution in [0, 0.1) is 0 Å². The molecule has 1 aromatic rings. The van der Waals surface area contributed by atoms with Gasteiger partial charge >= 0.3 is 0 Å². The number of hydrogen-bond donors (Lipinski definition) is 2. The predicted octanol–water partition coefficient (Wildman–Crippen LogP) is 2.40. The molecule has 0 saturated carbocycles. The lowest BCUT2D eigenvalue weighted by atomic mass is 9.90. The van der Waals surface area contributed by atoms with E-state index in [9.17, 15) is 4.79 Å². The summed E-state index contributed by atoms with van der Waals surface area (Å²) in [6.07, 6.45) is 6.11. The summed E-state index contributed by atoms with van der Waals surface area (Å²) >= 11 is 0. The number of halogens is 2. The van der Waals surface area contributed by atoms with Crippen LogP contribution in [0.1, 0.15) is 43.0 Å². The molecule has 0 unspecified atom stereocenters. The molecule has 2 N–H and O–H groups in total. The Morgan fingerprint density at radius 1 is 1.22 bits per heavy atom. The minimum atomic E-state index is -0.101. The summed E-state index contributed by atoms with van der Waals surface area (Å²) in [5.74, 6) is 0.969. The van der Waals surface area contributed by atoms with Crippen molar-refractivity contribution in [2.75, 3.05) is 31.1 Å². The van der Waals surface area contributed by atoms with Gasteiger partial charge in [-0.3, -0.25) is 4.79 Å². The lowest BCUT2D eigenvalue weighted by molar-refractivity contribution is 0.0887. The summed E-state index contributed by atoms with van der Waals surface area (Å²) < 4.78 is 0. The van der Waals surface area contributed by atoms with Crippen LogP contribution < -0.4 is 15.5 Å². The fourth-order valence-corrected chi connectivity index (χ4v) is 3.10. The minimum Gasteiger partial charge on any atom is -0.357 e. The zero-order valence-electron chi connectivity index (χ0n) is 13.5. The van der Waals surface area contributed by atoms with Gasteiger partial charge in [-0.1, -0.05) is 0 Å². The van der Waals surface area contributed by atoms with E-state index in [0.717, 1.165) is 44.8 Å². The number of aromatic nitrogens is 1. The first-order valence-corrected chi connectivity index (χ1v) is 7.91. The van der Waals surface area contributed by atoms with Crippen molar-refractivity contribution in [3.8, 4) is 0 Å². The van der Waals surface area contributed by atoms with E-state index in [2.05, 4.69) is 27.4 Å². The van der Waals surface area contributed by atoms with E-state index in [1.807, 2.05) is 12.1 Å². The Kier molecular flexibility index (Phi) is 7.58. The summed E-state index contributed by atoms with van der Waals surface area (Å²) in [5, 5.41) is 6.49. The molecule has 2 aliphatic heterocycles. The average molecular weight is 361 g/mol.